The first-order valence-corrected chi connectivity index (χ1v) is 6.19. The van der Waals surface area contributed by atoms with Crippen molar-refractivity contribution in [3.05, 3.63) is 0 Å². The third kappa shape index (κ3) is 5.34. The molecule has 2 atom stereocenters. The minimum Gasteiger partial charge on any atom is -0.480 e. The summed E-state index contributed by atoms with van der Waals surface area (Å²) in [6, 6.07) is 0. The van der Waals surface area contributed by atoms with Crippen molar-refractivity contribution in [2.75, 3.05) is 19.0 Å². The number of ether oxygens (including phenoxy) is 1. The molecule has 0 fully saturated rings. The molecule has 0 aliphatic rings. The Hall–Kier alpha value is -0.420. The highest BCUT2D eigenvalue weighted by molar-refractivity contribution is 7.86. The Morgan fingerprint density at radius 2 is 2.07 bits per heavy atom. The van der Waals surface area contributed by atoms with E-state index in [2.05, 4.69) is 0 Å². The lowest BCUT2D eigenvalue weighted by Gasteiger charge is -2.09. The van der Waals surface area contributed by atoms with Crippen molar-refractivity contribution in [3.8, 4) is 0 Å². The molecule has 0 aromatic carbocycles. The van der Waals surface area contributed by atoms with Gasteiger partial charge in [-0.3, -0.25) is 9.00 Å². The largest absolute Gasteiger partial charge is 0.480 e. The number of carboxylic acid groups (broad SMARTS) is 1. The second kappa shape index (κ2) is 7.94. The predicted molar refractivity (Wildman–Crippen MR) is 55.8 cm³/mol. The maximum absolute atomic E-state index is 11.4. The highest BCUT2D eigenvalue weighted by Crippen LogP contribution is 2.02. The second-order valence-corrected chi connectivity index (χ2v) is 4.67. The van der Waals surface area contributed by atoms with E-state index in [1.165, 1.54) is 0 Å². The number of hydrogen-bond donors (Lipinski definition) is 1. The second-order valence-electron chi connectivity index (χ2n) is 2.93. The van der Waals surface area contributed by atoms with Crippen LogP contribution in [0.1, 0.15) is 26.7 Å². The van der Waals surface area contributed by atoms with Crippen molar-refractivity contribution in [2.45, 2.75) is 31.9 Å². The van der Waals surface area contributed by atoms with Crippen molar-refractivity contribution < 1.29 is 18.8 Å². The van der Waals surface area contributed by atoms with E-state index >= 15 is 0 Å². The molecular weight excluding hydrogens is 204 g/mol. The summed E-state index contributed by atoms with van der Waals surface area (Å²) >= 11 is 0. The Bertz CT molecular complexity index is 193. The lowest BCUT2D eigenvalue weighted by atomic mass is 10.3. The SMILES string of the molecule is CCCOCCS(=O)C(CC)C(=O)O. The molecule has 0 aromatic heterocycles. The van der Waals surface area contributed by atoms with Crippen LogP contribution < -0.4 is 0 Å². The molecule has 2 unspecified atom stereocenters. The maximum atomic E-state index is 11.4. The number of rotatable bonds is 8. The van der Waals surface area contributed by atoms with Crippen LogP contribution in [0, 0.1) is 0 Å². The van der Waals surface area contributed by atoms with E-state index in [4.69, 9.17) is 9.84 Å². The van der Waals surface area contributed by atoms with Crippen LogP contribution in [0.5, 0.6) is 0 Å². The van der Waals surface area contributed by atoms with Crippen molar-refractivity contribution in [1.82, 2.24) is 0 Å². The van der Waals surface area contributed by atoms with Crippen LogP contribution in [0.25, 0.3) is 0 Å². The molecule has 0 aromatic rings. The van der Waals surface area contributed by atoms with Crippen molar-refractivity contribution in [3.63, 3.8) is 0 Å². The zero-order chi connectivity index (χ0) is 11.0. The molecule has 0 saturated heterocycles. The summed E-state index contributed by atoms with van der Waals surface area (Å²) in [7, 11) is -1.32. The third-order valence-corrected chi connectivity index (χ3v) is 3.48. The first kappa shape index (κ1) is 13.6. The van der Waals surface area contributed by atoms with Gasteiger partial charge in [0.05, 0.1) is 6.61 Å². The third-order valence-electron chi connectivity index (χ3n) is 1.74. The first-order chi connectivity index (χ1) is 6.63. The normalized spacial score (nSPS) is 15.0. The molecule has 0 heterocycles. The van der Waals surface area contributed by atoms with Crippen LogP contribution in [-0.2, 0) is 20.3 Å². The summed E-state index contributed by atoms with van der Waals surface area (Å²) in [6.07, 6.45) is 1.32. The van der Waals surface area contributed by atoms with Gasteiger partial charge in [0.15, 0.2) is 0 Å². The Morgan fingerprint density at radius 1 is 1.43 bits per heavy atom. The quantitative estimate of drug-likeness (QED) is 0.623. The van der Waals surface area contributed by atoms with Gasteiger partial charge in [-0.25, -0.2) is 0 Å². The van der Waals surface area contributed by atoms with Crippen LogP contribution in [0.3, 0.4) is 0 Å². The van der Waals surface area contributed by atoms with Gasteiger partial charge >= 0.3 is 5.97 Å². The summed E-state index contributed by atoms with van der Waals surface area (Å²) in [5.41, 5.74) is 0. The fourth-order valence-corrected chi connectivity index (χ4v) is 2.17. The monoisotopic (exact) mass is 222 g/mol. The van der Waals surface area contributed by atoms with E-state index in [0.717, 1.165) is 6.42 Å². The van der Waals surface area contributed by atoms with Crippen LogP contribution in [0.15, 0.2) is 0 Å². The highest BCUT2D eigenvalue weighted by atomic mass is 32.2. The van der Waals surface area contributed by atoms with E-state index in [1.54, 1.807) is 6.92 Å². The summed E-state index contributed by atoms with van der Waals surface area (Å²) in [5.74, 6) is -0.675. The molecule has 0 rings (SSSR count). The Labute approximate surface area is 87.1 Å². The summed E-state index contributed by atoms with van der Waals surface area (Å²) in [4.78, 5) is 10.6. The smallest absolute Gasteiger partial charge is 0.319 e. The van der Waals surface area contributed by atoms with Gasteiger partial charge in [0, 0.05) is 23.2 Å². The van der Waals surface area contributed by atoms with Gasteiger partial charge < -0.3 is 9.84 Å². The van der Waals surface area contributed by atoms with Crippen LogP contribution >= 0.6 is 0 Å². The highest BCUT2D eigenvalue weighted by Gasteiger charge is 2.21. The number of carboxylic acids is 1. The molecule has 0 aliphatic carbocycles. The molecule has 0 aliphatic heterocycles. The number of hydrogen-bond acceptors (Lipinski definition) is 3. The molecule has 0 saturated carbocycles. The molecule has 0 bridgehead atoms. The zero-order valence-corrected chi connectivity index (χ0v) is 9.51. The summed E-state index contributed by atoms with van der Waals surface area (Å²) in [5, 5.41) is 7.96. The van der Waals surface area contributed by atoms with Crippen molar-refractivity contribution in [2.24, 2.45) is 0 Å². The minimum atomic E-state index is -1.32. The molecule has 5 heteroatoms. The van der Waals surface area contributed by atoms with E-state index in [0.29, 0.717) is 25.4 Å². The first-order valence-electron chi connectivity index (χ1n) is 4.81. The van der Waals surface area contributed by atoms with Crippen LogP contribution in [-0.4, -0.2) is 39.5 Å². The standard InChI is InChI=1S/C9H18O4S/c1-3-5-13-6-7-14(12)8(4-2)9(10)11/h8H,3-7H2,1-2H3,(H,10,11). The average Bonchev–Trinajstić information content (AvgIpc) is 2.13. The van der Waals surface area contributed by atoms with Gasteiger partial charge in [-0.05, 0) is 12.8 Å². The molecule has 1 N–H and O–H groups in total. The van der Waals surface area contributed by atoms with E-state index in [9.17, 15) is 9.00 Å². The summed E-state index contributed by atoms with van der Waals surface area (Å²) < 4.78 is 16.6. The molecule has 14 heavy (non-hydrogen) atoms. The molecular formula is C9H18O4S. The Morgan fingerprint density at radius 3 is 2.50 bits per heavy atom. The molecule has 84 valence electrons. The van der Waals surface area contributed by atoms with Gasteiger partial charge in [0.1, 0.15) is 5.25 Å². The predicted octanol–water partition coefficient (Wildman–Crippen LogP) is 1.02. The van der Waals surface area contributed by atoms with Gasteiger partial charge in [-0.1, -0.05) is 13.8 Å². The van der Waals surface area contributed by atoms with Gasteiger partial charge in [0.2, 0.25) is 0 Å². The Balaban J connectivity index is 3.76. The van der Waals surface area contributed by atoms with Crippen molar-refractivity contribution >= 4 is 16.8 Å². The van der Waals surface area contributed by atoms with Gasteiger partial charge in [-0.2, -0.15) is 0 Å². The lowest BCUT2D eigenvalue weighted by molar-refractivity contribution is -0.136. The Kier molecular flexibility index (Phi) is 7.70. The summed E-state index contributed by atoms with van der Waals surface area (Å²) in [6.45, 7) is 4.73. The molecule has 4 nitrogen and oxygen atoms in total. The lowest BCUT2D eigenvalue weighted by Crippen LogP contribution is -2.27. The van der Waals surface area contributed by atoms with Gasteiger partial charge in [0.25, 0.3) is 0 Å². The van der Waals surface area contributed by atoms with E-state index in [-0.39, 0.29) is 0 Å². The fraction of sp³-hybridized carbons (Fsp3) is 0.889. The van der Waals surface area contributed by atoms with Gasteiger partial charge in [-0.15, -0.1) is 0 Å². The minimum absolute atomic E-state index is 0.310. The maximum Gasteiger partial charge on any atom is 0.319 e. The zero-order valence-electron chi connectivity index (χ0n) is 8.69. The van der Waals surface area contributed by atoms with Crippen molar-refractivity contribution in [1.29, 1.82) is 0 Å². The van der Waals surface area contributed by atoms with E-state index < -0.39 is 22.0 Å². The fourth-order valence-electron chi connectivity index (χ4n) is 1.00. The van der Waals surface area contributed by atoms with Crippen LogP contribution in [0.4, 0.5) is 0 Å². The van der Waals surface area contributed by atoms with E-state index in [1.807, 2.05) is 6.92 Å². The number of carbonyl (C=O) groups is 1. The molecule has 0 spiro atoms. The topological polar surface area (TPSA) is 63.6 Å². The van der Waals surface area contributed by atoms with Crippen LogP contribution in [0.2, 0.25) is 0 Å². The molecule has 0 amide bonds. The molecule has 0 radical (unpaired) electrons. The number of aliphatic carboxylic acids is 1. The average molecular weight is 222 g/mol.